The molecular formula is C31H36ClN3O5. The Morgan fingerprint density at radius 1 is 0.875 bits per heavy atom. The first kappa shape index (κ1) is 29.1. The smallest absolute Gasteiger partial charge is 0.251 e. The van der Waals surface area contributed by atoms with Gasteiger partial charge in [0.2, 0.25) is 5.75 Å². The molecule has 1 amide bonds. The molecule has 9 heteroatoms. The van der Waals surface area contributed by atoms with E-state index in [1.54, 1.807) is 12.1 Å². The van der Waals surface area contributed by atoms with Gasteiger partial charge in [0.25, 0.3) is 5.91 Å². The van der Waals surface area contributed by atoms with Gasteiger partial charge in [0.05, 0.1) is 44.0 Å². The topological polar surface area (TPSA) is 83.8 Å². The molecule has 0 radical (unpaired) electrons. The molecule has 1 heterocycles. The van der Waals surface area contributed by atoms with E-state index in [-0.39, 0.29) is 5.91 Å². The molecule has 0 aliphatic rings. The van der Waals surface area contributed by atoms with Crippen LogP contribution in [0.25, 0.3) is 11.0 Å². The number of nitrogens with zero attached hydrogens (tertiary/aromatic N) is 2. The van der Waals surface area contributed by atoms with Crippen molar-refractivity contribution in [3.63, 3.8) is 0 Å². The van der Waals surface area contributed by atoms with Crippen molar-refractivity contribution in [2.75, 3.05) is 34.5 Å². The number of fused-ring (bicyclic) bond motifs is 1. The summed E-state index contributed by atoms with van der Waals surface area (Å²) in [5.74, 6) is 2.95. The lowest BCUT2D eigenvalue weighted by Gasteiger charge is -2.14. The number of ether oxygens (including phenoxy) is 4. The van der Waals surface area contributed by atoms with Crippen LogP contribution in [0.5, 0.6) is 23.0 Å². The van der Waals surface area contributed by atoms with Gasteiger partial charge in [-0.1, -0.05) is 42.3 Å². The third-order valence-corrected chi connectivity index (χ3v) is 6.96. The number of carbonyl (C=O) groups excluding carboxylic acids is 1. The van der Waals surface area contributed by atoms with E-state index >= 15 is 0 Å². The van der Waals surface area contributed by atoms with E-state index < -0.39 is 0 Å². The summed E-state index contributed by atoms with van der Waals surface area (Å²) in [5, 5.41) is 3.61. The Morgan fingerprint density at radius 3 is 2.33 bits per heavy atom. The maximum absolute atomic E-state index is 12.7. The minimum absolute atomic E-state index is 0.181. The molecular weight excluding hydrogens is 530 g/mol. The van der Waals surface area contributed by atoms with Crippen molar-refractivity contribution < 1.29 is 23.7 Å². The van der Waals surface area contributed by atoms with Crippen molar-refractivity contribution >= 4 is 28.5 Å². The highest BCUT2D eigenvalue weighted by Gasteiger charge is 2.17. The average Bonchev–Trinajstić information content (AvgIpc) is 3.34. The van der Waals surface area contributed by atoms with E-state index in [2.05, 4.69) is 16.0 Å². The molecule has 0 saturated carbocycles. The summed E-state index contributed by atoms with van der Waals surface area (Å²) in [6.07, 6.45) is 4.50. The van der Waals surface area contributed by atoms with Crippen LogP contribution in [0.15, 0.2) is 60.7 Å². The van der Waals surface area contributed by atoms with E-state index in [4.69, 9.17) is 35.5 Å². The predicted molar refractivity (Wildman–Crippen MR) is 157 cm³/mol. The van der Waals surface area contributed by atoms with Crippen LogP contribution in [-0.2, 0) is 13.0 Å². The number of aryl methyl sites for hydroxylation is 2. The Labute approximate surface area is 240 Å². The molecule has 1 aromatic heterocycles. The molecule has 0 unspecified atom stereocenters. The summed E-state index contributed by atoms with van der Waals surface area (Å²) in [7, 11) is 4.59. The molecule has 212 valence electrons. The SMILES string of the molecule is COc1cc(C(=O)NCCCCCc2nc3ccccc3n2CCCOc2ccccc2Cl)cc(OC)c1OC. The van der Waals surface area contributed by atoms with Gasteiger partial charge in [0.15, 0.2) is 11.5 Å². The van der Waals surface area contributed by atoms with Crippen LogP contribution in [0.2, 0.25) is 5.02 Å². The Morgan fingerprint density at radius 2 is 1.60 bits per heavy atom. The van der Waals surface area contributed by atoms with Crippen LogP contribution in [0, 0.1) is 0 Å². The molecule has 40 heavy (non-hydrogen) atoms. The highest BCUT2D eigenvalue weighted by atomic mass is 35.5. The third-order valence-electron chi connectivity index (χ3n) is 6.64. The van der Waals surface area contributed by atoms with Gasteiger partial charge in [-0.15, -0.1) is 0 Å². The number of hydrogen-bond donors (Lipinski definition) is 1. The van der Waals surface area contributed by atoms with Crippen molar-refractivity contribution in [2.24, 2.45) is 0 Å². The summed E-state index contributed by atoms with van der Waals surface area (Å²) < 4.78 is 24.2. The minimum Gasteiger partial charge on any atom is -0.493 e. The average molecular weight is 566 g/mol. The molecule has 1 N–H and O–H groups in total. The number of amides is 1. The highest BCUT2D eigenvalue weighted by Crippen LogP contribution is 2.38. The van der Waals surface area contributed by atoms with E-state index in [9.17, 15) is 4.79 Å². The zero-order valence-electron chi connectivity index (χ0n) is 23.2. The van der Waals surface area contributed by atoms with Crippen molar-refractivity contribution in [1.29, 1.82) is 0 Å². The van der Waals surface area contributed by atoms with E-state index in [1.807, 2.05) is 42.5 Å². The molecule has 4 aromatic rings. The largest absolute Gasteiger partial charge is 0.493 e. The number of halogens is 1. The maximum atomic E-state index is 12.7. The second-order valence-corrected chi connectivity index (χ2v) is 9.69. The zero-order valence-corrected chi connectivity index (χ0v) is 24.0. The normalized spacial score (nSPS) is 10.9. The molecule has 0 aliphatic carbocycles. The number of unbranched alkanes of at least 4 members (excludes halogenated alkanes) is 2. The fourth-order valence-corrected chi connectivity index (χ4v) is 4.82. The van der Waals surface area contributed by atoms with E-state index in [0.29, 0.717) is 46.7 Å². The van der Waals surface area contributed by atoms with Crippen molar-refractivity contribution in [2.45, 2.75) is 38.6 Å². The number of para-hydroxylation sites is 3. The Balaban J connectivity index is 1.26. The second-order valence-electron chi connectivity index (χ2n) is 9.28. The lowest BCUT2D eigenvalue weighted by molar-refractivity contribution is 0.0952. The van der Waals surface area contributed by atoms with E-state index in [0.717, 1.165) is 55.5 Å². The standard InChI is InChI=1S/C31H36ClN3O5/c1-37-27-20-22(21-28(38-2)30(27)39-3)31(36)33-17-10-4-5-16-29-34-24-13-7-8-14-25(24)35(29)18-11-19-40-26-15-9-6-12-23(26)32/h6-9,12-15,20-21H,4-5,10-11,16-19H2,1-3H3,(H,33,36). The molecule has 0 aliphatic heterocycles. The van der Waals surface area contributed by atoms with Gasteiger partial charge in [0.1, 0.15) is 11.6 Å². The summed E-state index contributed by atoms with van der Waals surface area (Å²) in [6.45, 7) is 1.96. The third kappa shape index (κ3) is 7.18. The number of rotatable bonds is 15. The van der Waals surface area contributed by atoms with Gasteiger partial charge < -0.3 is 28.8 Å². The van der Waals surface area contributed by atoms with Crippen LogP contribution in [0.1, 0.15) is 41.9 Å². The Bertz CT molecular complexity index is 1400. The summed E-state index contributed by atoms with van der Waals surface area (Å²) >= 11 is 6.21. The molecule has 0 atom stereocenters. The van der Waals surface area contributed by atoms with Crippen molar-refractivity contribution in [3.8, 4) is 23.0 Å². The van der Waals surface area contributed by atoms with Gasteiger partial charge in [-0.3, -0.25) is 4.79 Å². The molecule has 3 aromatic carbocycles. The lowest BCUT2D eigenvalue weighted by Crippen LogP contribution is -2.24. The van der Waals surface area contributed by atoms with Crippen molar-refractivity contribution in [3.05, 3.63) is 77.1 Å². The molecule has 0 spiro atoms. The fraction of sp³-hybridized carbons (Fsp3) is 0.355. The first-order valence-electron chi connectivity index (χ1n) is 13.5. The van der Waals surface area contributed by atoms with Crippen LogP contribution in [-0.4, -0.2) is 49.9 Å². The predicted octanol–water partition coefficient (Wildman–Crippen LogP) is 6.33. The summed E-state index contributed by atoms with van der Waals surface area (Å²) in [6, 6.07) is 19.0. The lowest BCUT2D eigenvalue weighted by atomic mass is 10.1. The fourth-order valence-electron chi connectivity index (χ4n) is 4.63. The molecule has 4 rings (SSSR count). The van der Waals surface area contributed by atoms with Gasteiger partial charge in [-0.25, -0.2) is 4.98 Å². The van der Waals surface area contributed by atoms with Crippen LogP contribution < -0.4 is 24.3 Å². The summed E-state index contributed by atoms with van der Waals surface area (Å²) in [5.41, 5.74) is 2.59. The van der Waals surface area contributed by atoms with Gasteiger partial charge >= 0.3 is 0 Å². The monoisotopic (exact) mass is 565 g/mol. The molecule has 0 saturated heterocycles. The Kier molecular flexibility index (Phi) is 10.5. The molecule has 0 fully saturated rings. The maximum Gasteiger partial charge on any atom is 0.251 e. The van der Waals surface area contributed by atoms with Crippen LogP contribution >= 0.6 is 11.6 Å². The van der Waals surface area contributed by atoms with Gasteiger partial charge in [-0.2, -0.15) is 0 Å². The summed E-state index contributed by atoms with van der Waals surface area (Å²) in [4.78, 5) is 17.6. The first-order valence-corrected chi connectivity index (χ1v) is 13.8. The van der Waals surface area contributed by atoms with Crippen LogP contribution in [0.4, 0.5) is 0 Å². The number of imidazole rings is 1. The number of nitrogens with one attached hydrogen (secondary N) is 1. The van der Waals surface area contributed by atoms with Crippen molar-refractivity contribution in [1.82, 2.24) is 14.9 Å². The molecule has 8 nitrogen and oxygen atoms in total. The van der Waals surface area contributed by atoms with Gasteiger partial charge in [-0.05, 0) is 55.7 Å². The van der Waals surface area contributed by atoms with Gasteiger partial charge in [0, 0.05) is 25.1 Å². The number of carbonyl (C=O) groups is 1. The molecule has 0 bridgehead atoms. The number of hydrogen-bond acceptors (Lipinski definition) is 6. The number of benzene rings is 3. The minimum atomic E-state index is -0.181. The van der Waals surface area contributed by atoms with Crippen LogP contribution in [0.3, 0.4) is 0 Å². The second kappa shape index (κ2) is 14.5. The number of aromatic nitrogens is 2. The number of methoxy groups -OCH3 is 3. The zero-order chi connectivity index (χ0) is 28.3. The Hall–Kier alpha value is -3.91. The quantitative estimate of drug-likeness (QED) is 0.170. The first-order chi connectivity index (χ1) is 19.5. The van der Waals surface area contributed by atoms with E-state index in [1.165, 1.54) is 21.3 Å². The highest BCUT2D eigenvalue weighted by molar-refractivity contribution is 6.32.